The van der Waals surface area contributed by atoms with Gasteiger partial charge in [0.05, 0.1) is 11.5 Å². The van der Waals surface area contributed by atoms with Gasteiger partial charge in [-0.25, -0.2) is 13.4 Å². The second kappa shape index (κ2) is 9.41. The quantitative estimate of drug-likeness (QED) is 0.522. The zero-order chi connectivity index (χ0) is 22.6. The molecule has 164 valence electrons. The second-order valence-electron chi connectivity index (χ2n) is 6.74. The van der Waals surface area contributed by atoms with Gasteiger partial charge in [-0.1, -0.05) is 0 Å². The number of anilines is 1. The summed E-state index contributed by atoms with van der Waals surface area (Å²) < 4.78 is 38.7. The molecule has 11 heteroatoms. The molecule has 0 radical (unpaired) electrons. The van der Waals surface area contributed by atoms with Crippen molar-refractivity contribution in [2.75, 3.05) is 18.2 Å². The van der Waals surface area contributed by atoms with Crippen molar-refractivity contribution in [2.45, 2.75) is 24.8 Å². The summed E-state index contributed by atoms with van der Waals surface area (Å²) >= 11 is 1.17. The fraction of sp³-hybridized carbons (Fsp3) is 0.250. The van der Waals surface area contributed by atoms with Crippen LogP contribution in [0.5, 0.6) is 17.2 Å². The lowest BCUT2D eigenvalue weighted by Gasteiger charge is -2.15. The van der Waals surface area contributed by atoms with Gasteiger partial charge in [0.1, 0.15) is 28.4 Å². The average molecular weight is 464 g/mol. The van der Waals surface area contributed by atoms with Gasteiger partial charge in [0.15, 0.2) is 9.84 Å². The lowest BCUT2D eigenvalue weighted by Crippen LogP contribution is -2.17. The zero-order valence-corrected chi connectivity index (χ0v) is 18.7. The molecule has 1 amide bonds. The average Bonchev–Trinajstić information content (AvgIpc) is 3.12. The third-order valence-electron chi connectivity index (χ3n) is 3.98. The fourth-order valence-corrected chi connectivity index (χ4v) is 3.58. The van der Waals surface area contributed by atoms with E-state index in [1.165, 1.54) is 47.9 Å². The first-order valence-corrected chi connectivity index (χ1v) is 11.8. The number of hydrogen-bond acceptors (Lipinski definition) is 9. The van der Waals surface area contributed by atoms with Crippen LogP contribution in [-0.2, 0) is 9.84 Å². The minimum Gasteiger partial charge on any atom is -0.488 e. The van der Waals surface area contributed by atoms with Crippen molar-refractivity contribution in [3.05, 3.63) is 53.0 Å². The van der Waals surface area contributed by atoms with Crippen molar-refractivity contribution in [3.8, 4) is 17.2 Å². The zero-order valence-electron chi connectivity index (χ0n) is 17.0. The van der Waals surface area contributed by atoms with Gasteiger partial charge in [-0.05, 0) is 61.8 Å². The van der Waals surface area contributed by atoms with Crippen molar-refractivity contribution in [1.29, 1.82) is 0 Å². The normalized spacial score (nSPS) is 12.3. The van der Waals surface area contributed by atoms with Crippen molar-refractivity contribution in [2.24, 2.45) is 0 Å². The van der Waals surface area contributed by atoms with E-state index in [1.807, 2.05) is 0 Å². The number of hydrogen-bond donors (Lipinski definition) is 2. The molecule has 1 atom stereocenters. The summed E-state index contributed by atoms with van der Waals surface area (Å²) in [7, 11) is -3.32. The Morgan fingerprint density at radius 3 is 2.42 bits per heavy atom. The van der Waals surface area contributed by atoms with Gasteiger partial charge >= 0.3 is 0 Å². The van der Waals surface area contributed by atoms with Gasteiger partial charge in [0, 0.05) is 17.9 Å². The lowest BCUT2D eigenvalue weighted by molar-refractivity contribution is 0.102. The summed E-state index contributed by atoms with van der Waals surface area (Å²) in [6.45, 7) is 3.25. The van der Waals surface area contributed by atoms with Crippen LogP contribution in [0.15, 0.2) is 47.4 Å². The predicted molar refractivity (Wildman–Crippen MR) is 116 cm³/mol. The van der Waals surface area contributed by atoms with Crippen molar-refractivity contribution < 1.29 is 27.8 Å². The SMILES string of the molecule is Cc1nc(NC(=O)c2cc(Oc3ccc(S(C)(=O)=O)cc3)cc(O[C@@H](C)CO)c2)ns1. The van der Waals surface area contributed by atoms with Crippen LogP contribution in [0, 0.1) is 6.92 Å². The molecule has 0 fully saturated rings. The minimum absolute atomic E-state index is 0.167. The van der Waals surface area contributed by atoms with Gasteiger partial charge in [-0.3, -0.25) is 10.1 Å². The molecule has 3 aromatic rings. The molecule has 0 bridgehead atoms. The third kappa shape index (κ3) is 6.23. The van der Waals surface area contributed by atoms with E-state index >= 15 is 0 Å². The molecule has 0 aliphatic rings. The van der Waals surface area contributed by atoms with E-state index in [9.17, 15) is 18.3 Å². The van der Waals surface area contributed by atoms with E-state index in [0.717, 1.165) is 6.26 Å². The van der Waals surface area contributed by atoms with E-state index in [-0.39, 0.29) is 23.0 Å². The predicted octanol–water partition coefficient (Wildman–Crippen LogP) is 3.05. The maximum atomic E-state index is 12.7. The van der Waals surface area contributed by atoms with Gasteiger partial charge in [-0.2, -0.15) is 4.37 Å². The summed E-state index contributed by atoms with van der Waals surface area (Å²) in [5.41, 5.74) is 0.234. The molecule has 9 nitrogen and oxygen atoms in total. The number of nitrogens with zero attached hydrogens (tertiary/aromatic N) is 2. The van der Waals surface area contributed by atoms with Crippen LogP contribution in [0.4, 0.5) is 5.95 Å². The number of nitrogens with one attached hydrogen (secondary N) is 1. The Morgan fingerprint density at radius 1 is 1.16 bits per heavy atom. The van der Waals surface area contributed by atoms with Crippen LogP contribution in [-0.4, -0.2) is 47.8 Å². The van der Waals surface area contributed by atoms with Gasteiger partial charge in [-0.15, -0.1) is 0 Å². The van der Waals surface area contributed by atoms with Gasteiger partial charge in [0.25, 0.3) is 5.91 Å². The summed E-state index contributed by atoms with van der Waals surface area (Å²) in [4.78, 5) is 17.0. The first-order valence-electron chi connectivity index (χ1n) is 9.16. The molecule has 1 heterocycles. The molecule has 2 N–H and O–H groups in total. The molecule has 1 aromatic heterocycles. The van der Waals surface area contributed by atoms with Crippen molar-refractivity contribution in [3.63, 3.8) is 0 Å². The number of aryl methyl sites for hydroxylation is 1. The van der Waals surface area contributed by atoms with Crippen LogP contribution < -0.4 is 14.8 Å². The largest absolute Gasteiger partial charge is 0.488 e. The van der Waals surface area contributed by atoms with Crippen LogP contribution in [0.1, 0.15) is 22.3 Å². The first-order chi connectivity index (χ1) is 14.6. The molecular weight excluding hydrogens is 442 g/mol. The smallest absolute Gasteiger partial charge is 0.258 e. The molecule has 0 saturated carbocycles. The van der Waals surface area contributed by atoms with Crippen LogP contribution in [0.3, 0.4) is 0 Å². The Labute approximate surface area is 183 Å². The topological polar surface area (TPSA) is 128 Å². The van der Waals surface area contributed by atoms with E-state index in [1.54, 1.807) is 19.9 Å². The summed E-state index contributed by atoms with van der Waals surface area (Å²) in [6.07, 6.45) is 0.623. The van der Waals surface area contributed by atoms with E-state index in [4.69, 9.17) is 9.47 Å². The molecule has 0 saturated heterocycles. The second-order valence-corrected chi connectivity index (χ2v) is 9.71. The number of carbonyl (C=O) groups excluding carboxylic acids is 1. The molecule has 0 aliphatic carbocycles. The van der Waals surface area contributed by atoms with Crippen molar-refractivity contribution >= 4 is 33.2 Å². The number of benzene rings is 2. The Hall–Kier alpha value is -3.02. The highest BCUT2D eigenvalue weighted by Gasteiger charge is 2.15. The minimum atomic E-state index is -3.32. The Morgan fingerprint density at radius 2 is 1.84 bits per heavy atom. The number of aliphatic hydroxyl groups excluding tert-OH is 1. The highest BCUT2D eigenvalue weighted by molar-refractivity contribution is 7.90. The van der Waals surface area contributed by atoms with Crippen molar-refractivity contribution in [1.82, 2.24) is 9.36 Å². The maximum absolute atomic E-state index is 12.7. The fourth-order valence-electron chi connectivity index (χ4n) is 2.51. The van der Waals surface area contributed by atoms with E-state index < -0.39 is 21.8 Å². The molecule has 0 spiro atoms. The van der Waals surface area contributed by atoms with Gasteiger partial charge < -0.3 is 14.6 Å². The molecular formula is C20H21N3O6S2. The standard InChI is InChI=1S/C20H21N3O6S2/c1-12(11-24)28-16-8-14(19(25)22-20-21-13(2)30-23-20)9-17(10-16)29-15-4-6-18(7-5-15)31(3,26)27/h4-10,12,24H,11H2,1-3H3,(H,22,23,25)/t12-/m0/s1. The number of carbonyl (C=O) groups is 1. The monoisotopic (exact) mass is 463 g/mol. The van der Waals surface area contributed by atoms with Crippen LogP contribution in [0.2, 0.25) is 0 Å². The Kier molecular flexibility index (Phi) is 6.88. The first kappa shape index (κ1) is 22.7. The summed E-state index contributed by atoms with van der Waals surface area (Å²) in [6, 6.07) is 10.5. The van der Waals surface area contributed by atoms with E-state index in [2.05, 4.69) is 14.7 Å². The highest BCUT2D eigenvalue weighted by atomic mass is 32.2. The number of amides is 1. The number of sulfone groups is 1. The Bertz CT molecular complexity index is 1180. The number of rotatable bonds is 8. The van der Waals surface area contributed by atoms with E-state index in [0.29, 0.717) is 22.3 Å². The maximum Gasteiger partial charge on any atom is 0.258 e. The molecule has 0 aliphatic heterocycles. The lowest BCUT2D eigenvalue weighted by atomic mass is 10.2. The van der Waals surface area contributed by atoms with Crippen LogP contribution in [0.25, 0.3) is 0 Å². The number of aromatic nitrogens is 2. The number of aliphatic hydroxyl groups is 1. The molecule has 31 heavy (non-hydrogen) atoms. The number of ether oxygens (including phenoxy) is 2. The molecule has 0 unspecified atom stereocenters. The summed E-state index contributed by atoms with van der Waals surface area (Å²) in [5, 5.41) is 12.6. The molecule has 2 aromatic carbocycles. The summed E-state index contributed by atoms with van der Waals surface area (Å²) in [5.74, 6) is 0.725. The highest BCUT2D eigenvalue weighted by Crippen LogP contribution is 2.29. The molecule has 3 rings (SSSR count). The Balaban J connectivity index is 1.88. The van der Waals surface area contributed by atoms with Gasteiger partial charge in [0.2, 0.25) is 5.95 Å². The third-order valence-corrected chi connectivity index (χ3v) is 5.73. The van der Waals surface area contributed by atoms with Crippen LogP contribution >= 0.6 is 11.5 Å².